The largest absolute Gasteiger partial charge is 0.493 e. The van der Waals surface area contributed by atoms with Crippen molar-refractivity contribution in [3.05, 3.63) is 30.0 Å². The van der Waals surface area contributed by atoms with Crippen molar-refractivity contribution in [2.24, 2.45) is 0 Å². The Hall–Kier alpha value is -2.57. The van der Waals surface area contributed by atoms with E-state index in [9.17, 15) is 0 Å². The second-order valence-electron chi connectivity index (χ2n) is 5.33. The number of nitrogens with one attached hydrogen (secondary N) is 2. The van der Waals surface area contributed by atoms with Crippen molar-refractivity contribution in [2.75, 3.05) is 31.4 Å². The monoisotopic (exact) mass is 317 g/mol. The first-order valence-corrected chi connectivity index (χ1v) is 7.53. The lowest BCUT2D eigenvalue weighted by Gasteiger charge is -2.11. The number of aromatic nitrogens is 3. The minimum atomic E-state index is 0.298. The molecule has 0 saturated heterocycles. The Labute approximate surface area is 136 Å². The lowest BCUT2D eigenvalue weighted by Crippen LogP contribution is -2.14. The normalized spacial score (nSPS) is 10.5. The van der Waals surface area contributed by atoms with E-state index in [-0.39, 0.29) is 0 Å². The standard InChI is InChI=1S/C16H23N5O2/c1-11(2)19-15-10-18-21-16(20-15)17-8-7-12-5-6-13(22-3)14(9-12)23-4/h5-6,9-11H,7-8H2,1-4H3,(H2,17,19,20,21). The first-order valence-electron chi connectivity index (χ1n) is 7.53. The number of rotatable bonds is 8. The molecule has 7 heteroatoms. The number of hydrogen-bond donors (Lipinski definition) is 2. The topological polar surface area (TPSA) is 81.2 Å². The molecule has 2 N–H and O–H groups in total. The van der Waals surface area contributed by atoms with Crippen molar-refractivity contribution >= 4 is 11.8 Å². The molecule has 0 aliphatic carbocycles. The highest BCUT2D eigenvalue weighted by Crippen LogP contribution is 2.27. The molecule has 0 unspecified atom stereocenters. The van der Waals surface area contributed by atoms with Crippen LogP contribution in [-0.4, -0.2) is 42.0 Å². The van der Waals surface area contributed by atoms with Gasteiger partial charge in [0.05, 0.1) is 20.4 Å². The van der Waals surface area contributed by atoms with Crippen molar-refractivity contribution in [3.8, 4) is 11.5 Å². The molecular weight excluding hydrogens is 294 g/mol. The van der Waals surface area contributed by atoms with E-state index in [4.69, 9.17) is 9.47 Å². The Morgan fingerprint density at radius 2 is 1.91 bits per heavy atom. The molecule has 1 aromatic carbocycles. The third-order valence-corrected chi connectivity index (χ3v) is 3.14. The number of ether oxygens (including phenoxy) is 2. The van der Waals surface area contributed by atoms with Crippen LogP contribution in [-0.2, 0) is 6.42 Å². The van der Waals surface area contributed by atoms with Crippen LogP contribution in [0.5, 0.6) is 11.5 Å². The van der Waals surface area contributed by atoms with Gasteiger partial charge in [-0.3, -0.25) is 0 Å². The maximum Gasteiger partial charge on any atom is 0.244 e. The number of benzene rings is 1. The Bertz CT molecular complexity index is 634. The van der Waals surface area contributed by atoms with Crippen LogP contribution in [0.4, 0.5) is 11.8 Å². The van der Waals surface area contributed by atoms with Gasteiger partial charge in [-0.1, -0.05) is 6.07 Å². The lowest BCUT2D eigenvalue weighted by atomic mass is 10.1. The van der Waals surface area contributed by atoms with Gasteiger partial charge >= 0.3 is 0 Å². The molecule has 0 fully saturated rings. The SMILES string of the molecule is COc1ccc(CCNc2nncc(NC(C)C)n2)cc1OC. The van der Waals surface area contributed by atoms with E-state index in [0.29, 0.717) is 24.4 Å². The predicted molar refractivity (Wildman–Crippen MR) is 90.3 cm³/mol. The number of nitrogens with zero attached hydrogens (tertiary/aromatic N) is 3. The zero-order valence-electron chi connectivity index (χ0n) is 14.0. The van der Waals surface area contributed by atoms with Crippen LogP contribution < -0.4 is 20.1 Å². The molecule has 0 saturated carbocycles. The molecular formula is C16H23N5O2. The molecule has 0 radical (unpaired) electrons. The zero-order valence-corrected chi connectivity index (χ0v) is 14.0. The van der Waals surface area contributed by atoms with E-state index in [0.717, 1.165) is 23.5 Å². The van der Waals surface area contributed by atoms with Crippen LogP contribution >= 0.6 is 0 Å². The molecule has 23 heavy (non-hydrogen) atoms. The van der Waals surface area contributed by atoms with Gasteiger partial charge in [0, 0.05) is 12.6 Å². The summed E-state index contributed by atoms with van der Waals surface area (Å²) in [4.78, 5) is 4.36. The number of anilines is 2. The molecule has 1 heterocycles. The molecule has 0 aliphatic heterocycles. The quantitative estimate of drug-likeness (QED) is 0.773. The first kappa shape index (κ1) is 16.8. The van der Waals surface area contributed by atoms with E-state index >= 15 is 0 Å². The molecule has 0 spiro atoms. The fraction of sp³-hybridized carbons (Fsp3) is 0.438. The Kier molecular flexibility index (Phi) is 5.96. The smallest absolute Gasteiger partial charge is 0.244 e. The summed E-state index contributed by atoms with van der Waals surface area (Å²) in [5, 5.41) is 14.3. The molecule has 0 amide bonds. The molecule has 0 atom stereocenters. The third kappa shape index (κ3) is 4.98. The van der Waals surface area contributed by atoms with Crippen molar-refractivity contribution in [1.82, 2.24) is 15.2 Å². The van der Waals surface area contributed by atoms with Crippen molar-refractivity contribution in [1.29, 1.82) is 0 Å². The summed E-state index contributed by atoms with van der Waals surface area (Å²) in [6.07, 6.45) is 2.42. The summed E-state index contributed by atoms with van der Waals surface area (Å²) in [5.74, 6) is 2.68. The molecule has 0 bridgehead atoms. The summed E-state index contributed by atoms with van der Waals surface area (Å²) < 4.78 is 10.5. The first-order chi connectivity index (χ1) is 11.1. The molecule has 2 aromatic rings. The van der Waals surface area contributed by atoms with Crippen molar-refractivity contribution in [2.45, 2.75) is 26.3 Å². The Balaban J connectivity index is 1.92. The Morgan fingerprint density at radius 3 is 2.61 bits per heavy atom. The number of methoxy groups -OCH3 is 2. The van der Waals surface area contributed by atoms with Gasteiger partial charge in [0.25, 0.3) is 0 Å². The van der Waals surface area contributed by atoms with Crippen LogP contribution in [0, 0.1) is 0 Å². The lowest BCUT2D eigenvalue weighted by molar-refractivity contribution is 0.354. The molecule has 7 nitrogen and oxygen atoms in total. The average Bonchev–Trinajstić information content (AvgIpc) is 2.54. The van der Waals surface area contributed by atoms with Gasteiger partial charge in [-0.2, -0.15) is 10.1 Å². The molecule has 124 valence electrons. The number of hydrogen-bond acceptors (Lipinski definition) is 7. The van der Waals surface area contributed by atoms with Crippen LogP contribution in [0.3, 0.4) is 0 Å². The molecule has 1 aromatic heterocycles. The van der Waals surface area contributed by atoms with Gasteiger partial charge < -0.3 is 20.1 Å². The minimum Gasteiger partial charge on any atom is -0.493 e. The van der Waals surface area contributed by atoms with Gasteiger partial charge in [0.1, 0.15) is 0 Å². The molecule has 0 aliphatic rings. The second-order valence-corrected chi connectivity index (χ2v) is 5.33. The second kappa shape index (κ2) is 8.17. The maximum atomic E-state index is 5.31. The van der Waals surface area contributed by atoms with Gasteiger partial charge in [-0.25, -0.2) is 0 Å². The predicted octanol–water partition coefficient (Wildman–Crippen LogP) is 2.36. The van der Waals surface area contributed by atoms with E-state index < -0.39 is 0 Å². The summed E-state index contributed by atoms with van der Waals surface area (Å²) >= 11 is 0. The average molecular weight is 317 g/mol. The van der Waals surface area contributed by atoms with Crippen LogP contribution in [0.25, 0.3) is 0 Å². The fourth-order valence-electron chi connectivity index (χ4n) is 2.10. The van der Waals surface area contributed by atoms with Crippen molar-refractivity contribution in [3.63, 3.8) is 0 Å². The summed E-state index contributed by atoms with van der Waals surface area (Å²) in [7, 11) is 3.26. The zero-order chi connectivity index (χ0) is 16.7. The van der Waals surface area contributed by atoms with E-state index in [1.807, 2.05) is 32.0 Å². The highest BCUT2D eigenvalue weighted by Gasteiger charge is 2.05. The third-order valence-electron chi connectivity index (χ3n) is 3.14. The summed E-state index contributed by atoms with van der Waals surface area (Å²) in [6, 6.07) is 6.18. The van der Waals surface area contributed by atoms with Crippen molar-refractivity contribution < 1.29 is 9.47 Å². The fourth-order valence-corrected chi connectivity index (χ4v) is 2.10. The van der Waals surface area contributed by atoms with Crippen LogP contribution in [0.15, 0.2) is 24.4 Å². The van der Waals surface area contributed by atoms with Crippen LogP contribution in [0.1, 0.15) is 19.4 Å². The Morgan fingerprint density at radius 1 is 1.13 bits per heavy atom. The minimum absolute atomic E-state index is 0.298. The van der Waals surface area contributed by atoms with Gasteiger partial charge in [-0.05, 0) is 38.0 Å². The van der Waals surface area contributed by atoms with E-state index in [1.54, 1.807) is 20.4 Å². The van der Waals surface area contributed by atoms with E-state index in [1.165, 1.54) is 0 Å². The maximum absolute atomic E-state index is 5.31. The van der Waals surface area contributed by atoms with Gasteiger partial charge in [0.2, 0.25) is 5.95 Å². The van der Waals surface area contributed by atoms with Crippen LogP contribution in [0.2, 0.25) is 0 Å². The van der Waals surface area contributed by atoms with E-state index in [2.05, 4.69) is 25.8 Å². The van der Waals surface area contributed by atoms with Gasteiger partial charge in [-0.15, -0.1) is 5.10 Å². The highest BCUT2D eigenvalue weighted by atomic mass is 16.5. The van der Waals surface area contributed by atoms with Gasteiger partial charge in [0.15, 0.2) is 17.3 Å². The summed E-state index contributed by atoms with van der Waals surface area (Å²) in [5.41, 5.74) is 1.14. The molecule has 2 rings (SSSR count). The summed E-state index contributed by atoms with van der Waals surface area (Å²) in [6.45, 7) is 4.79. The highest BCUT2D eigenvalue weighted by molar-refractivity contribution is 5.43.